The number of aromatic nitrogens is 1. The molecule has 1 saturated heterocycles. The molecule has 0 N–H and O–H groups in total. The van der Waals surface area contributed by atoms with Crippen molar-refractivity contribution >= 4 is 6.09 Å². The summed E-state index contributed by atoms with van der Waals surface area (Å²) in [5.74, 6) is 0.617. The molecule has 0 bridgehead atoms. The van der Waals surface area contributed by atoms with E-state index in [2.05, 4.69) is 4.98 Å². The van der Waals surface area contributed by atoms with Crippen molar-refractivity contribution in [2.75, 3.05) is 6.54 Å². The van der Waals surface area contributed by atoms with Gasteiger partial charge in [-0.2, -0.15) is 0 Å². The molecule has 2 atom stereocenters. The van der Waals surface area contributed by atoms with E-state index in [4.69, 9.17) is 9.47 Å². The van der Waals surface area contributed by atoms with E-state index in [1.54, 1.807) is 4.90 Å². The van der Waals surface area contributed by atoms with E-state index >= 15 is 0 Å². The molecule has 1 aromatic rings. The van der Waals surface area contributed by atoms with Crippen molar-refractivity contribution in [3.63, 3.8) is 0 Å². The lowest BCUT2D eigenvalue weighted by Gasteiger charge is -2.26. The third-order valence-corrected chi connectivity index (χ3v) is 3.80. The van der Waals surface area contributed by atoms with Crippen LogP contribution in [0.25, 0.3) is 0 Å². The number of hydrogen-bond donors (Lipinski definition) is 0. The summed E-state index contributed by atoms with van der Waals surface area (Å²) < 4.78 is 11.4. The summed E-state index contributed by atoms with van der Waals surface area (Å²) in [6.07, 6.45) is 2.28. The van der Waals surface area contributed by atoms with Crippen LogP contribution < -0.4 is 4.74 Å². The van der Waals surface area contributed by atoms with Gasteiger partial charge in [0.1, 0.15) is 11.7 Å². The van der Waals surface area contributed by atoms with Gasteiger partial charge in [0.15, 0.2) is 0 Å². The van der Waals surface area contributed by atoms with Gasteiger partial charge < -0.3 is 14.4 Å². The Morgan fingerprint density at radius 3 is 2.59 bits per heavy atom. The van der Waals surface area contributed by atoms with E-state index in [1.165, 1.54) is 0 Å². The highest BCUT2D eigenvalue weighted by molar-refractivity contribution is 5.69. The number of hydrogen-bond acceptors (Lipinski definition) is 4. The van der Waals surface area contributed by atoms with Gasteiger partial charge >= 0.3 is 6.09 Å². The zero-order chi connectivity index (χ0) is 16.5. The Bertz CT molecular complexity index is 551. The van der Waals surface area contributed by atoms with Gasteiger partial charge in [-0.15, -0.1) is 0 Å². The lowest BCUT2D eigenvalue weighted by Crippen LogP contribution is -2.39. The Morgan fingerprint density at radius 2 is 2.00 bits per heavy atom. The van der Waals surface area contributed by atoms with Crippen LogP contribution in [0.1, 0.15) is 45.2 Å². The highest BCUT2D eigenvalue weighted by atomic mass is 16.6. The number of nitrogens with zero attached hydrogens (tertiary/aromatic N) is 2. The zero-order valence-corrected chi connectivity index (χ0v) is 14.3. The molecule has 0 spiro atoms. The van der Waals surface area contributed by atoms with Gasteiger partial charge in [-0.05, 0) is 52.7 Å². The van der Waals surface area contributed by atoms with Crippen molar-refractivity contribution in [3.05, 3.63) is 23.4 Å². The molecule has 5 heteroatoms. The van der Waals surface area contributed by atoms with Crippen LogP contribution in [-0.2, 0) is 4.74 Å². The second-order valence-corrected chi connectivity index (χ2v) is 7.06. The summed E-state index contributed by atoms with van der Waals surface area (Å²) in [5, 5.41) is 0. The Balaban J connectivity index is 1.98. The maximum absolute atomic E-state index is 12.2. The van der Waals surface area contributed by atoms with Crippen LogP contribution in [0.3, 0.4) is 0 Å². The first-order valence-corrected chi connectivity index (χ1v) is 7.75. The number of carbonyl (C=O) groups excluding carboxylic acids is 1. The molecule has 2 rings (SSSR count). The SMILES string of the molecule is Cc1cnc(O[C@@H]2C[C@H](C)N(C(=O)OC(C)(C)C)C2)cc1C. The van der Waals surface area contributed by atoms with Gasteiger partial charge in [-0.1, -0.05) is 0 Å². The molecular formula is C17H26N2O3. The van der Waals surface area contributed by atoms with Crippen molar-refractivity contribution in [3.8, 4) is 5.88 Å². The van der Waals surface area contributed by atoms with E-state index in [0.717, 1.165) is 17.5 Å². The van der Waals surface area contributed by atoms with Gasteiger partial charge in [-0.25, -0.2) is 9.78 Å². The maximum atomic E-state index is 12.2. The molecule has 0 unspecified atom stereocenters. The van der Waals surface area contributed by atoms with Crippen LogP contribution in [0.2, 0.25) is 0 Å². The second kappa shape index (κ2) is 6.15. The lowest BCUT2D eigenvalue weighted by molar-refractivity contribution is 0.0223. The van der Waals surface area contributed by atoms with Gasteiger partial charge in [0.25, 0.3) is 0 Å². The van der Waals surface area contributed by atoms with Gasteiger partial charge in [0, 0.05) is 24.7 Å². The molecule has 0 aliphatic carbocycles. The zero-order valence-electron chi connectivity index (χ0n) is 14.3. The third-order valence-electron chi connectivity index (χ3n) is 3.80. The van der Waals surface area contributed by atoms with Crippen molar-refractivity contribution in [2.45, 2.75) is 65.7 Å². The molecule has 122 valence electrons. The van der Waals surface area contributed by atoms with E-state index in [-0.39, 0.29) is 18.2 Å². The Kier molecular flexibility index (Phi) is 4.63. The number of aryl methyl sites for hydroxylation is 2. The van der Waals surface area contributed by atoms with E-state index in [0.29, 0.717) is 12.4 Å². The number of likely N-dealkylation sites (tertiary alicyclic amines) is 1. The average molecular weight is 306 g/mol. The van der Waals surface area contributed by atoms with Crippen molar-refractivity contribution < 1.29 is 14.3 Å². The molecule has 22 heavy (non-hydrogen) atoms. The van der Waals surface area contributed by atoms with Crippen molar-refractivity contribution in [1.82, 2.24) is 9.88 Å². The van der Waals surface area contributed by atoms with Gasteiger partial charge in [0.05, 0.1) is 6.54 Å². The molecule has 1 aliphatic rings. The summed E-state index contributed by atoms with van der Waals surface area (Å²) in [4.78, 5) is 18.2. The monoisotopic (exact) mass is 306 g/mol. The minimum atomic E-state index is -0.481. The molecule has 1 fully saturated rings. The average Bonchev–Trinajstić information content (AvgIpc) is 2.73. The number of pyridine rings is 1. The molecule has 5 nitrogen and oxygen atoms in total. The fourth-order valence-electron chi connectivity index (χ4n) is 2.48. The summed E-state index contributed by atoms with van der Waals surface area (Å²) >= 11 is 0. The van der Waals surface area contributed by atoms with E-state index in [1.807, 2.05) is 53.8 Å². The smallest absolute Gasteiger partial charge is 0.410 e. The first kappa shape index (κ1) is 16.6. The largest absolute Gasteiger partial charge is 0.472 e. The predicted molar refractivity (Wildman–Crippen MR) is 85.1 cm³/mol. The third kappa shape index (κ3) is 4.12. The number of rotatable bonds is 2. The first-order chi connectivity index (χ1) is 10.2. The molecule has 0 saturated carbocycles. The molecule has 1 aromatic heterocycles. The van der Waals surface area contributed by atoms with Crippen LogP contribution in [0.15, 0.2) is 12.3 Å². The van der Waals surface area contributed by atoms with Gasteiger partial charge in [-0.3, -0.25) is 0 Å². The Labute approximate surface area is 132 Å². The highest BCUT2D eigenvalue weighted by Crippen LogP contribution is 2.24. The van der Waals surface area contributed by atoms with Crippen LogP contribution in [0, 0.1) is 13.8 Å². The maximum Gasteiger partial charge on any atom is 0.410 e. The summed E-state index contributed by atoms with van der Waals surface area (Å²) in [5.41, 5.74) is 1.81. The normalized spacial score (nSPS) is 21.8. The van der Waals surface area contributed by atoms with E-state index < -0.39 is 5.60 Å². The Morgan fingerprint density at radius 1 is 1.32 bits per heavy atom. The summed E-state index contributed by atoms with van der Waals surface area (Å²) in [6.45, 7) is 12.2. The van der Waals surface area contributed by atoms with Crippen LogP contribution >= 0.6 is 0 Å². The number of ether oxygens (including phenoxy) is 2. The molecule has 2 heterocycles. The fourth-order valence-corrected chi connectivity index (χ4v) is 2.48. The molecular weight excluding hydrogens is 280 g/mol. The topological polar surface area (TPSA) is 51.7 Å². The van der Waals surface area contributed by atoms with Crippen LogP contribution in [0.5, 0.6) is 5.88 Å². The summed E-state index contributed by atoms with van der Waals surface area (Å²) in [6, 6.07) is 2.04. The van der Waals surface area contributed by atoms with Crippen LogP contribution in [0.4, 0.5) is 4.79 Å². The lowest BCUT2D eigenvalue weighted by atomic mass is 10.2. The van der Waals surface area contributed by atoms with Crippen molar-refractivity contribution in [2.24, 2.45) is 0 Å². The van der Waals surface area contributed by atoms with E-state index in [9.17, 15) is 4.79 Å². The van der Waals surface area contributed by atoms with Crippen molar-refractivity contribution in [1.29, 1.82) is 0 Å². The van der Waals surface area contributed by atoms with Crippen LogP contribution in [-0.4, -0.2) is 40.3 Å². The summed E-state index contributed by atoms with van der Waals surface area (Å²) in [7, 11) is 0. The predicted octanol–water partition coefficient (Wildman–Crippen LogP) is 3.48. The number of amides is 1. The first-order valence-electron chi connectivity index (χ1n) is 7.75. The fraction of sp³-hybridized carbons (Fsp3) is 0.647. The minimum Gasteiger partial charge on any atom is -0.472 e. The molecule has 1 aliphatic heterocycles. The molecule has 1 amide bonds. The standard InChI is InChI=1S/C17H26N2O3/c1-11-7-15(18-9-12(11)2)21-14-8-13(3)19(10-14)16(20)22-17(4,5)6/h7,9,13-14H,8,10H2,1-6H3/t13-,14+/m0/s1. The highest BCUT2D eigenvalue weighted by Gasteiger charge is 2.36. The molecule has 0 radical (unpaired) electrons. The van der Waals surface area contributed by atoms with Gasteiger partial charge in [0.2, 0.25) is 5.88 Å². The molecule has 0 aromatic carbocycles. The number of carbonyl (C=O) groups is 1. The second-order valence-electron chi connectivity index (χ2n) is 7.06. The minimum absolute atomic E-state index is 0.0443. The Hall–Kier alpha value is -1.78. The quantitative estimate of drug-likeness (QED) is 0.839.